The second-order valence-corrected chi connectivity index (χ2v) is 5.63. The Hall–Kier alpha value is -2.10. The maximum absolute atomic E-state index is 4.66. The smallest absolute Gasteiger partial charge is 0.224 e. The van der Waals surface area contributed by atoms with Crippen LogP contribution in [0, 0.1) is 0 Å². The summed E-state index contributed by atoms with van der Waals surface area (Å²) in [6.07, 6.45) is 3.98. The van der Waals surface area contributed by atoms with Crippen molar-refractivity contribution in [3.05, 3.63) is 47.7 Å². The number of hydrogen-bond donors (Lipinski definition) is 1. The average molecular weight is 282 g/mol. The molecule has 1 aromatic heterocycles. The molecule has 2 heterocycles. The van der Waals surface area contributed by atoms with Crippen LogP contribution in [-0.2, 0) is 13.0 Å². The summed E-state index contributed by atoms with van der Waals surface area (Å²) in [5.41, 5.74) is 2.86. The van der Waals surface area contributed by atoms with Crippen LogP contribution in [0.5, 0.6) is 0 Å². The van der Waals surface area contributed by atoms with E-state index in [-0.39, 0.29) is 0 Å². The number of hydrogen-bond acceptors (Lipinski definition) is 4. The van der Waals surface area contributed by atoms with Crippen LogP contribution in [-0.4, -0.2) is 22.6 Å². The van der Waals surface area contributed by atoms with Gasteiger partial charge in [0, 0.05) is 25.3 Å². The zero-order valence-electron chi connectivity index (χ0n) is 12.7. The van der Waals surface area contributed by atoms with Crippen molar-refractivity contribution in [2.24, 2.45) is 0 Å². The number of aromatic nitrogens is 2. The highest BCUT2D eigenvalue weighted by Gasteiger charge is 2.17. The summed E-state index contributed by atoms with van der Waals surface area (Å²) in [5.74, 6) is 1.73. The van der Waals surface area contributed by atoms with Gasteiger partial charge in [-0.3, -0.25) is 0 Å². The molecule has 0 aliphatic carbocycles. The molecule has 4 heteroatoms. The van der Waals surface area contributed by atoms with Crippen LogP contribution in [0.25, 0.3) is 0 Å². The van der Waals surface area contributed by atoms with Crippen LogP contribution in [0.1, 0.15) is 31.4 Å². The van der Waals surface area contributed by atoms with Crippen LogP contribution in [0.3, 0.4) is 0 Å². The van der Waals surface area contributed by atoms with Gasteiger partial charge in [-0.05, 0) is 37.0 Å². The number of anilines is 2. The minimum Gasteiger partial charge on any atom is -0.352 e. The molecular formula is C17H22N4. The van der Waals surface area contributed by atoms with E-state index in [0.29, 0.717) is 6.04 Å². The molecule has 0 bridgehead atoms. The minimum atomic E-state index is 0.391. The van der Waals surface area contributed by atoms with Crippen molar-refractivity contribution < 1.29 is 0 Å². The highest BCUT2D eigenvalue weighted by atomic mass is 15.2. The third-order valence-corrected chi connectivity index (χ3v) is 4.08. The molecule has 1 N–H and O–H groups in total. The molecule has 2 aromatic rings. The van der Waals surface area contributed by atoms with Crippen molar-refractivity contribution in [1.82, 2.24) is 9.97 Å². The van der Waals surface area contributed by atoms with E-state index in [9.17, 15) is 0 Å². The predicted molar refractivity (Wildman–Crippen MR) is 86.6 cm³/mol. The second-order valence-electron chi connectivity index (χ2n) is 5.63. The second kappa shape index (κ2) is 6.12. The van der Waals surface area contributed by atoms with Gasteiger partial charge >= 0.3 is 0 Å². The molecule has 0 spiro atoms. The van der Waals surface area contributed by atoms with Gasteiger partial charge in [-0.2, -0.15) is 4.98 Å². The Labute approximate surface area is 126 Å². The lowest BCUT2D eigenvalue weighted by molar-refractivity contribution is 0.715. The lowest BCUT2D eigenvalue weighted by Crippen LogP contribution is -2.31. The molecule has 0 amide bonds. The van der Waals surface area contributed by atoms with Crippen LogP contribution in [0.4, 0.5) is 11.8 Å². The Morgan fingerprint density at radius 3 is 2.86 bits per heavy atom. The first-order chi connectivity index (χ1) is 10.3. The maximum atomic E-state index is 4.66. The van der Waals surface area contributed by atoms with Gasteiger partial charge in [-0.1, -0.05) is 31.2 Å². The summed E-state index contributed by atoms with van der Waals surface area (Å²) >= 11 is 0. The summed E-state index contributed by atoms with van der Waals surface area (Å²) in [6.45, 7) is 6.24. The fraction of sp³-hybridized carbons (Fsp3) is 0.412. The number of benzene rings is 1. The number of nitrogens with zero attached hydrogens (tertiary/aromatic N) is 3. The van der Waals surface area contributed by atoms with Gasteiger partial charge in [-0.25, -0.2) is 4.98 Å². The SMILES string of the molecule is CC[C@H](C)Nc1nccc(N2CCc3ccccc3C2)n1. The Kier molecular flexibility index (Phi) is 4.04. The lowest BCUT2D eigenvalue weighted by atomic mass is 10.00. The van der Waals surface area contributed by atoms with Gasteiger partial charge in [0.2, 0.25) is 5.95 Å². The Bertz CT molecular complexity index is 611. The summed E-state index contributed by atoms with van der Waals surface area (Å²) in [7, 11) is 0. The van der Waals surface area contributed by atoms with E-state index in [0.717, 1.165) is 37.7 Å². The van der Waals surface area contributed by atoms with Gasteiger partial charge in [0.15, 0.2) is 0 Å². The van der Waals surface area contributed by atoms with Crippen molar-refractivity contribution in [3.63, 3.8) is 0 Å². The van der Waals surface area contributed by atoms with Gasteiger partial charge in [-0.15, -0.1) is 0 Å². The molecular weight excluding hydrogens is 260 g/mol. The molecule has 0 saturated heterocycles. The molecule has 0 fully saturated rings. The molecule has 3 rings (SSSR count). The van der Waals surface area contributed by atoms with Crippen LogP contribution < -0.4 is 10.2 Å². The van der Waals surface area contributed by atoms with E-state index in [1.165, 1.54) is 11.1 Å². The van der Waals surface area contributed by atoms with Crippen molar-refractivity contribution in [1.29, 1.82) is 0 Å². The maximum Gasteiger partial charge on any atom is 0.224 e. The highest BCUT2D eigenvalue weighted by molar-refractivity contribution is 5.46. The van der Waals surface area contributed by atoms with Crippen molar-refractivity contribution >= 4 is 11.8 Å². The zero-order chi connectivity index (χ0) is 14.7. The summed E-state index contributed by atoms with van der Waals surface area (Å²) in [4.78, 5) is 11.3. The molecule has 110 valence electrons. The van der Waals surface area contributed by atoms with Crippen LogP contribution >= 0.6 is 0 Å². The first-order valence-corrected chi connectivity index (χ1v) is 7.67. The molecule has 21 heavy (non-hydrogen) atoms. The number of fused-ring (bicyclic) bond motifs is 1. The van der Waals surface area contributed by atoms with Crippen LogP contribution in [0.15, 0.2) is 36.5 Å². The summed E-state index contributed by atoms with van der Waals surface area (Å²) < 4.78 is 0. The van der Waals surface area contributed by atoms with Crippen molar-refractivity contribution in [2.75, 3.05) is 16.8 Å². The Balaban J connectivity index is 1.77. The van der Waals surface area contributed by atoms with E-state index >= 15 is 0 Å². The third-order valence-electron chi connectivity index (χ3n) is 4.08. The Morgan fingerprint density at radius 2 is 2.05 bits per heavy atom. The third kappa shape index (κ3) is 3.15. The van der Waals surface area contributed by atoms with Gasteiger partial charge in [0.25, 0.3) is 0 Å². The quantitative estimate of drug-likeness (QED) is 0.934. The van der Waals surface area contributed by atoms with Gasteiger partial charge in [0.05, 0.1) is 0 Å². The van der Waals surface area contributed by atoms with Crippen molar-refractivity contribution in [3.8, 4) is 0 Å². The highest BCUT2D eigenvalue weighted by Crippen LogP contribution is 2.23. The molecule has 1 aliphatic heterocycles. The molecule has 1 atom stereocenters. The van der Waals surface area contributed by atoms with E-state index in [1.807, 2.05) is 12.3 Å². The first-order valence-electron chi connectivity index (χ1n) is 7.67. The van der Waals surface area contributed by atoms with Crippen LogP contribution in [0.2, 0.25) is 0 Å². The summed E-state index contributed by atoms with van der Waals surface area (Å²) in [6, 6.07) is 11.0. The normalized spacial score (nSPS) is 15.4. The largest absolute Gasteiger partial charge is 0.352 e. The summed E-state index contributed by atoms with van der Waals surface area (Å²) in [5, 5.41) is 3.34. The van der Waals surface area contributed by atoms with E-state index in [4.69, 9.17) is 0 Å². The van der Waals surface area contributed by atoms with Gasteiger partial charge in [0.1, 0.15) is 5.82 Å². The average Bonchev–Trinajstić information content (AvgIpc) is 2.54. The first kappa shape index (κ1) is 13.9. The number of nitrogens with one attached hydrogen (secondary N) is 1. The molecule has 1 aliphatic rings. The van der Waals surface area contributed by atoms with Crippen molar-refractivity contribution in [2.45, 2.75) is 39.3 Å². The van der Waals surface area contributed by atoms with E-state index in [1.54, 1.807) is 0 Å². The topological polar surface area (TPSA) is 41.1 Å². The molecule has 0 radical (unpaired) electrons. The Morgan fingerprint density at radius 1 is 1.24 bits per heavy atom. The predicted octanol–water partition coefficient (Wildman–Crippen LogP) is 3.25. The minimum absolute atomic E-state index is 0.391. The standard InChI is InChI=1S/C17H22N4/c1-3-13(2)19-17-18-10-8-16(20-17)21-11-9-14-6-4-5-7-15(14)12-21/h4-8,10,13H,3,9,11-12H2,1-2H3,(H,18,19,20)/t13-/m0/s1. The van der Waals surface area contributed by atoms with E-state index < -0.39 is 0 Å². The zero-order valence-corrected chi connectivity index (χ0v) is 12.7. The molecule has 0 saturated carbocycles. The fourth-order valence-corrected chi connectivity index (χ4v) is 2.61. The van der Waals surface area contributed by atoms with E-state index in [2.05, 4.69) is 58.3 Å². The molecule has 4 nitrogen and oxygen atoms in total. The molecule has 1 aromatic carbocycles. The number of rotatable bonds is 4. The lowest BCUT2D eigenvalue weighted by Gasteiger charge is -2.30. The fourth-order valence-electron chi connectivity index (χ4n) is 2.61. The monoisotopic (exact) mass is 282 g/mol. The molecule has 0 unspecified atom stereocenters. The van der Waals surface area contributed by atoms with Gasteiger partial charge < -0.3 is 10.2 Å².